The SMILES string of the molecule is O=S(=O)(Nc1ccc2c(c1)ncn2Cc1ccccc1)c1cccc2ccccc12. The molecule has 6 heteroatoms. The molecular weight excluding hydrogens is 394 g/mol. The number of aromatic nitrogens is 2. The van der Waals surface area contributed by atoms with Crippen molar-refractivity contribution in [2.75, 3.05) is 4.72 Å². The summed E-state index contributed by atoms with van der Waals surface area (Å²) in [7, 11) is -3.73. The van der Waals surface area contributed by atoms with Gasteiger partial charge in [0, 0.05) is 11.9 Å². The number of benzene rings is 4. The maximum absolute atomic E-state index is 13.1. The maximum atomic E-state index is 13.1. The molecular formula is C24H19N3O2S. The van der Waals surface area contributed by atoms with Gasteiger partial charge >= 0.3 is 0 Å². The van der Waals surface area contributed by atoms with E-state index in [9.17, 15) is 8.42 Å². The number of imidazole rings is 1. The lowest BCUT2D eigenvalue weighted by Gasteiger charge is -2.11. The Morgan fingerprint density at radius 3 is 2.47 bits per heavy atom. The van der Waals surface area contributed by atoms with Crippen molar-refractivity contribution < 1.29 is 8.42 Å². The van der Waals surface area contributed by atoms with Crippen LogP contribution in [-0.4, -0.2) is 18.0 Å². The summed E-state index contributed by atoms with van der Waals surface area (Å²) in [5.41, 5.74) is 3.36. The van der Waals surface area contributed by atoms with Gasteiger partial charge in [0.25, 0.3) is 10.0 Å². The van der Waals surface area contributed by atoms with Gasteiger partial charge in [-0.05, 0) is 35.2 Å². The van der Waals surface area contributed by atoms with Crippen LogP contribution in [0.2, 0.25) is 0 Å². The molecule has 1 heterocycles. The van der Waals surface area contributed by atoms with Crippen LogP contribution in [0.15, 0.2) is 102 Å². The molecule has 0 saturated heterocycles. The number of anilines is 1. The molecule has 1 N–H and O–H groups in total. The zero-order valence-electron chi connectivity index (χ0n) is 16.1. The van der Waals surface area contributed by atoms with Crippen LogP contribution in [0.1, 0.15) is 5.56 Å². The van der Waals surface area contributed by atoms with Crippen LogP contribution in [-0.2, 0) is 16.6 Å². The first-order chi connectivity index (χ1) is 14.6. The first kappa shape index (κ1) is 18.4. The topological polar surface area (TPSA) is 64.0 Å². The van der Waals surface area contributed by atoms with Gasteiger partial charge in [0.15, 0.2) is 0 Å². The fraction of sp³-hybridized carbons (Fsp3) is 0.0417. The molecule has 0 saturated carbocycles. The molecule has 0 amide bonds. The van der Waals surface area contributed by atoms with Crippen LogP contribution in [0.5, 0.6) is 0 Å². The lowest BCUT2D eigenvalue weighted by molar-refractivity contribution is 0.602. The van der Waals surface area contributed by atoms with E-state index in [4.69, 9.17) is 0 Å². The smallest absolute Gasteiger partial charge is 0.262 e. The molecule has 5 rings (SSSR count). The molecule has 148 valence electrons. The molecule has 0 atom stereocenters. The third-order valence-electron chi connectivity index (χ3n) is 5.11. The molecule has 1 aromatic heterocycles. The molecule has 30 heavy (non-hydrogen) atoms. The number of sulfonamides is 1. The minimum atomic E-state index is -3.73. The predicted octanol–water partition coefficient (Wildman–Crippen LogP) is 5.04. The minimum Gasteiger partial charge on any atom is -0.326 e. The van der Waals surface area contributed by atoms with Gasteiger partial charge in [0.05, 0.1) is 27.9 Å². The van der Waals surface area contributed by atoms with E-state index in [0.717, 1.165) is 16.4 Å². The van der Waals surface area contributed by atoms with Gasteiger partial charge in [-0.25, -0.2) is 13.4 Å². The predicted molar refractivity (Wildman–Crippen MR) is 120 cm³/mol. The summed E-state index contributed by atoms with van der Waals surface area (Å²) >= 11 is 0. The van der Waals surface area contributed by atoms with E-state index < -0.39 is 10.0 Å². The third kappa shape index (κ3) is 3.42. The Morgan fingerprint density at radius 1 is 0.833 bits per heavy atom. The Balaban J connectivity index is 1.47. The Kier molecular flexibility index (Phi) is 4.48. The average Bonchev–Trinajstić information content (AvgIpc) is 3.15. The summed E-state index contributed by atoms with van der Waals surface area (Å²) in [4.78, 5) is 4.72. The van der Waals surface area contributed by atoms with E-state index in [0.29, 0.717) is 17.6 Å². The highest BCUT2D eigenvalue weighted by Crippen LogP contribution is 2.26. The number of nitrogens with one attached hydrogen (secondary N) is 1. The number of nitrogens with zero attached hydrogens (tertiary/aromatic N) is 2. The van der Waals surface area contributed by atoms with Crippen molar-refractivity contribution >= 4 is 37.5 Å². The number of fused-ring (bicyclic) bond motifs is 2. The second-order valence-electron chi connectivity index (χ2n) is 7.14. The molecule has 0 radical (unpaired) electrons. The molecule has 0 aliphatic carbocycles. The Morgan fingerprint density at radius 2 is 1.60 bits per heavy atom. The molecule has 0 bridgehead atoms. The zero-order valence-corrected chi connectivity index (χ0v) is 16.9. The first-order valence-corrected chi connectivity index (χ1v) is 11.1. The zero-order chi connectivity index (χ0) is 20.6. The highest BCUT2D eigenvalue weighted by Gasteiger charge is 2.18. The van der Waals surface area contributed by atoms with E-state index in [1.165, 1.54) is 5.56 Å². The summed E-state index contributed by atoms with van der Waals surface area (Å²) < 4.78 is 30.9. The minimum absolute atomic E-state index is 0.260. The molecule has 0 fully saturated rings. The highest BCUT2D eigenvalue weighted by atomic mass is 32.2. The van der Waals surface area contributed by atoms with E-state index >= 15 is 0 Å². The van der Waals surface area contributed by atoms with Crippen molar-refractivity contribution in [2.45, 2.75) is 11.4 Å². The fourth-order valence-corrected chi connectivity index (χ4v) is 4.95. The molecule has 4 aromatic carbocycles. The average molecular weight is 414 g/mol. The van der Waals surface area contributed by atoms with E-state index in [-0.39, 0.29) is 4.90 Å². The van der Waals surface area contributed by atoms with Crippen molar-refractivity contribution in [3.8, 4) is 0 Å². The number of rotatable bonds is 5. The summed E-state index contributed by atoms with van der Waals surface area (Å²) in [5, 5.41) is 1.58. The second kappa shape index (κ2) is 7.31. The van der Waals surface area contributed by atoms with Gasteiger partial charge in [-0.3, -0.25) is 4.72 Å². The Hall–Kier alpha value is -3.64. The molecule has 0 aliphatic heterocycles. The molecule has 5 nitrogen and oxygen atoms in total. The van der Waals surface area contributed by atoms with Crippen molar-refractivity contribution in [3.05, 3.63) is 103 Å². The fourth-order valence-electron chi connectivity index (χ4n) is 3.67. The van der Waals surface area contributed by atoms with E-state index in [1.54, 1.807) is 30.6 Å². The second-order valence-corrected chi connectivity index (χ2v) is 8.80. The lowest BCUT2D eigenvalue weighted by atomic mass is 10.1. The van der Waals surface area contributed by atoms with Crippen LogP contribution in [0, 0.1) is 0 Å². The maximum Gasteiger partial charge on any atom is 0.262 e. The summed E-state index contributed by atoms with van der Waals surface area (Å²) in [6.45, 7) is 0.707. The van der Waals surface area contributed by atoms with Crippen molar-refractivity contribution in [2.24, 2.45) is 0 Å². The molecule has 0 spiro atoms. The van der Waals surface area contributed by atoms with Gasteiger partial charge in [0.2, 0.25) is 0 Å². The van der Waals surface area contributed by atoms with Crippen molar-refractivity contribution in [3.63, 3.8) is 0 Å². The Bertz CT molecular complexity index is 1450. The molecule has 5 aromatic rings. The highest BCUT2D eigenvalue weighted by molar-refractivity contribution is 7.93. The molecule has 0 unspecified atom stereocenters. The van der Waals surface area contributed by atoms with Crippen LogP contribution in [0.3, 0.4) is 0 Å². The third-order valence-corrected chi connectivity index (χ3v) is 6.55. The van der Waals surface area contributed by atoms with Crippen molar-refractivity contribution in [1.29, 1.82) is 0 Å². The number of hydrogen-bond donors (Lipinski definition) is 1. The van der Waals surface area contributed by atoms with Gasteiger partial charge in [-0.15, -0.1) is 0 Å². The summed E-state index contributed by atoms with van der Waals surface area (Å²) in [5.74, 6) is 0. The quantitative estimate of drug-likeness (QED) is 0.439. The summed E-state index contributed by atoms with van der Waals surface area (Å²) in [6, 6.07) is 28.3. The largest absolute Gasteiger partial charge is 0.326 e. The normalized spacial score (nSPS) is 11.7. The summed E-state index contributed by atoms with van der Waals surface area (Å²) in [6.07, 6.45) is 1.78. The van der Waals surface area contributed by atoms with Gasteiger partial charge in [-0.1, -0.05) is 66.7 Å². The van der Waals surface area contributed by atoms with Crippen LogP contribution >= 0.6 is 0 Å². The Labute approximate surface area is 174 Å². The molecule has 0 aliphatic rings. The van der Waals surface area contributed by atoms with Crippen LogP contribution in [0.25, 0.3) is 21.8 Å². The monoisotopic (exact) mass is 413 g/mol. The van der Waals surface area contributed by atoms with E-state index in [1.807, 2.05) is 59.2 Å². The number of hydrogen-bond acceptors (Lipinski definition) is 3. The van der Waals surface area contributed by atoms with Crippen molar-refractivity contribution in [1.82, 2.24) is 9.55 Å². The van der Waals surface area contributed by atoms with Gasteiger partial charge in [-0.2, -0.15) is 0 Å². The van der Waals surface area contributed by atoms with Crippen LogP contribution < -0.4 is 4.72 Å². The van der Waals surface area contributed by atoms with Crippen LogP contribution in [0.4, 0.5) is 5.69 Å². The lowest BCUT2D eigenvalue weighted by Crippen LogP contribution is -2.13. The first-order valence-electron chi connectivity index (χ1n) is 9.60. The van der Waals surface area contributed by atoms with Gasteiger partial charge in [0.1, 0.15) is 0 Å². The standard InChI is InChI=1S/C24H19N3O2S/c28-30(29,24-12-6-10-19-9-4-5-11-21(19)24)26-20-13-14-23-22(15-20)25-17-27(23)16-18-7-2-1-3-8-18/h1-15,17,26H,16H2. The van der Waals surface area contributed by atoms with E-state index in [2.05, 4.69) is 21.8 Å². The van der Waals surface area contributed by atoms with Gasteiger partial charge < -0.3 is 4.57 Å².